The van der Waals surface area contributed by atoms with Gasteiger partial charge in [0.25, 0.3) is 0 Å². The lowest BCUT2D eigenvalue weighted by Crippen LogP contribution is -2.15. The molecule has 0 amide bonds. The largest absolute Gasteiger partial charge is 0.466 e. The van der Waals surface area contributed by atoms with Crippen LogP contribution in [-0.4, -0.2) is 32.3 Å². The average molecular weight is 348 g/mol. The second kappa shape index (κ2) is 8.43. The van der Waals surface area contributed by atoms with E-state index in [-0.39, 0.29) is 24.7 Å². The number of aryl methyl sites for hydroxylation is 2. The molecule has 0 saturated heterocycles. The van der Waals surface area contributed by atoms with Crippen LogP contribution in [0.3, 0.4) is 0 Å². The molecule has 0 fully saturated rings. The van der Waals surface area contributed by atoms with Crippen molar-refractivity contribution < 1.29 is 28.2 Å². The van der Waals surface area contributed by atoms with Crippen LogP contribution in [0.1, 0.15) is 24.5 Å². The third-order valence-corrected chi connectivity index (χ3v) is 3.52. The first-order valence-corrected chi connectivity index (χ1v) is 7.87. The van der Waals surface area contributed by atoms with Crippen molar-refractivity contribution >= 4 is 22.9 Å². The third-order valence-electron chi connectivity index (χ3n) is 3.52. The highest BCUT2D eigenvalue weighted by Gasteiger charge is 2.15. The van der Waals surface area contributed by atoms with E-state index in [4.69, 9.17) is 18.6 Å². The maximum absolute atomic E-state index is 11.7. The Labute approximate surface area is 144 Å². The van der Waals surface area contributed by atoms with E-state index in [9.17, 15) is 14.4 Å². The molecule has 0 spiro atoms. The summed E-state index contributed by atoms with van der Waals surface area (Å²) in [6.07, 6.45) is 0.465. The van der Waals surface area contributed by atoms with Crippen molar-refractivity contribution in [3.63, 3.8) is 0 Å². The van der Waals surface area contributed by atoms with Crippen LogP contribution in [-0.2, 0) is 25.5 Å². The molecule has 25 heavy (non-hydrogen) atoms. The third kappa shape index (κ3) is 4.90. The Balaban J connectivity index is 2.41. The van der Waals surface area contributed by atoms with Crippen LogP contribution in [0.4, 0.5) is 0 Å². The lowest BCUT2D eigenvalue weighted by molar-refractivity contribution is -0.143. The summed E-state index contributed by atoms with van der Waals surface area (Å²) in [5, 5.41) is 0.713. The fraction of sp³-hybridized carbons (Fsp3) is 0.389. The standard InChI is InChI=1S/C18H20O7/c1-4-23-16(19)6-5-12-8-13-11(2)7-17(20)25-15(13)9-14(12)24-18(21)10-22-3/h7-9H,4-6,10H2,1-3H3. The van der Waals surface area contributed by atoms with Gasteiger partial charge in [0.15, 0.2) is 0 Å². The van der Waals surface area contributed by atoms with Crippen molar-refractivity contribution in [1.82, 2.24) is 0 Å². The molecule has 1 heterocycles. The molecule has 0 atom stereocenters. The summed E-state index contributed by atoms with van der Waals surface area (Å²) in [6, 6.07) is 4.62. The molecule has 0 bridgehead atoms. The number of fused-ring (bicyclic) bond motifs is 1. The van der Waals surface area contributed by atoms with E-state index in [1.807, 2.05) is 0 Å². The summed E-state index contributed by atoms with van der Waals surface area (Å²) in [6.45, 7) is 3.60. The molecule has 2 aromatic rings. The van der Waals surface area contributed by atoms with Gasteiger partial charge in [-0.05, 0) is 37.5 Å². The van der Waals surface area contributed by atoms with Gasteiger partial charge >= 0.3 is 17.6 Å². The molecule has 0 aliphatic heterocycles. The number of hydrogen-bond donors (Lipinski definition) is 0. The quantitative estimate of drug-likeness (QED) is 0.430. The molecule has 134 valence electrons. The Morgan fingerprint density at radius 2 is 1.92 bits per heavy atom. The van der Waals surface area contributed by atoms with Gasteiger partial charge in [-0.3, -0.25) is 4.79 Å². The number of carbonyl (C=O) groups is 2. The van der Waals surface area contributed by atoms with E-state index in [0.717, 1.165) is 5.56 Å². The van der Waals surface area contributed by atoms with Crippen LogP contribution in [0.25, 0.3) is 11.0 Å². The molecule has 1 aromatic carbocycles. The summed E-state index contributed by atoms with van der Waals surface area (Å²) in [5.74, 6) is -0.699. The van der Waals surface area contributed by atoms with Crippen LogP contribution < -0.4 is 10.4 Å². The van der Waals surface area contributed by atoms with Gasteiger partial charge in [-0.15, -0.1) is 0 Å². The monoisotopic (exact) mass is 348 g/mol. The molecule has 7 nitrogen and oxygen atoms in total. The molecule has 0 aliphatic carbocycles. The zero-order chi connectivity index (χ0) is 18.4. The van der Waals surface area contributed by atoms with E-state index in [1.54, 1.807) is 19.9 Å². The van der Waals surface area contributed by atoms with Gasteiger partial charge in [0.1, 0.15) is 17.9 Å². The van der Waals surface area contributed by atoms with Crippen LogP contribution in [0.15, 0.2) is 27.4 Å². The minimum atomic E-state index is -0.589. The Morgan fingerprint density at radius 1 is 1.16 bits per heavy atom. The predicted molar refractivity (Wildman–Crippen MR) is 89.7 cm³/mol. The van der Waals surface area contributed by atoms with Gasteiger partial charge in [0.05, 0.1) is 6.61 Å². The number of ether oxygens (including phenoxy) is 3. The predicted octanol–water partition coefficient (Wildman–Crippen LogP) is 2.15. The maximum atomic E-state index is 11.7. The van der Waals surface area contributed by atoms with E-state index in [0.29, 0.717) is 29.6 Å². The molecule has 2 rings (SSSR count). The maximum Gasteiger partial charge on any atom is 0.337 e. The molecule has 1 aromatic heterocycles. The average Bonchev–Trinajstić information content (AvgIpc) is 2.53. The second-order valence-electron chi connectivity index (χ2n) is 5.42. The number of carbonyl (C=O) groups excluding carboxylic acids is 2. The topological polar surface area (TPSA) is 92.0 Å². The zero-order valence-electron chi connectivity index (χ0n) is 14.4. The van der Waals surface area contributed by atoms with Gasteiger partial charge in [0, 0.05) is 31.0 Å². The normalized spacial score (nSPS) is 10.7. The Bertz CT molecular complexity index is 835. The lowest BCUT2D eigenvalue weighted by atomic mass is 10.0. The lowest BCUT2D eigenvalue weighted by Gasteiger charge is -2.12. The number of benzene rings is 1. The van der Waals surface area contributed by atoms with Crippen LogP contribution in [0, 0.1) is 6.92 Å². The van der Waals surface area contributed by atoms with Gasteiger partial charge < -0.3 is 18.6 Å². The fourth-order valence-electron chi connectivity index (χ4n) is 2.42. The molecular weight excluding hydrogens is 328 g/mol. The SMILES string of the molecule is CCOC(=O)CCc1cc2c(C)cc(=O)oc2cc1OC(=O)COC. The second-order valence-corrected chi connectivity index (χ2v) is 5.42. The van der Waals surface area contributed by atoms with Gasteiger partial charge in [-0.1, -0.05) is 0 Å². The molecule has 0 unspecified atom stereocenters. The Kier molecular flexibility index (Phi) is 6.30. The van der Waals surface area contributed by atoms with Crippen molar-refractivity contribution in [2.45, 2.75) is 26.7 Å². The highest BCUT2D eigenvalue weighted by molar-refractivity contribution is 5.84. The van der Waals surface area contributed by atoms with E-state index in [1.165, 1.54) is 19.2 Å². The van der Waals surface area contributed by atoms with Crippen molar-refractivity contribution in [2.24, 2.45) is 0 Å². The summed E-state index contributed by atoms with van der Waals surface area (Å²) in [4.78, 5) is 34.9. The molecular formula is C18H20O7. The highest BCUT2D eigenvalue weighted by atomic mass is 16.6. The minimum Gasteiger partial charge on any atom is -0.466 e. The van der Waals surface area contributed by atoms with Crippen LogP contribution in [0.5, 0.6) is 5.75 Å². The van der Waals surface area contributed by atoms with Gasteiger partial charge in [0.2, 0.25) is 0 Å². The van der Waals surface area contributed by atoms with Crippen LogP contribution >= 0.6 is 0 Å². The first-order valence-electron chi connectivity index (χ1n) is 7.87. The Hall–Kier alpha value is -2.67. The summed E-state index contributed by atoms with van der Waals surface area (Å²) in [5.41, 5.74) is 1.20. The van der Waals surface area contributed by atoms with Gasteiger partial charge in [-0.2, -0.15) is 0 Å². The first kappa shape index (κ1) is 18.7. The summed E-state index contributed by atoms with van der Waals surface area (Å²) >= 11 is 0. The number of hydrogen-bond acceptors (Lipinski definition) is 7. The number of methoxy groups -OCH3 is 1. The van der Waals surface area contributed by atoms with E-state index < -0.39 is 11.6 Å². The number of esters is 2. The number of rotatable bonds is 7. The van der Waals surface area contributed by atoms with Crippen LogP contribution in [0.2, 0.25) is 0 Å². The first-order chi connectivity index (χ1) is 11.9. The summed E-state index contributed by atoms with van der Waals surface area (Å²) < 4.78 is 20.1. The fourth-order valence-corrected chi connectivity index (χ4v) is 2.42. The van der Waals surface area contributed by atoms with Crippen molar-refractivity contribution in [1.29, 1.82) is 0 Å². The molecule has 0 saturated carbocycles. The zero-order valence-corrected chi connectivity index (χ0v) is 14.4. The van der Waals surface area contributed by atoms with Crippen molar-refractivity contribution in [3.05, 3.63) is 39.7 Å². The van der Waals surface area contributed by atoms with Crippen molar-refractivity contribution in [2.75, 3.05) is 20.3 Å². The molecule has 0 aliphatic rings. The van der Waals surface area contributed by atoms with Crippen molar-refractivity contribution in [3.8, 4) is 5.75 Å². The minimum absolute atomic E-state index is 0.143. The molecule has 7 heteroatoms. The smallest absolute Gasteiger partial charge is 0.337 e. The van der Waals surface area contributed by atoms with E-state index >= 15 is 0 Å². The molecule has 0 radical (unpaired) electrons. The van der Waals surface area contributed by atoms with E-state index in [2.05, 4.69) is 0 Å². The van der Waals surface area contributed by atoms with Gasteiger partial charge in [-0.25, -0.2) is 9.59 Å². The molecule has 0 N–H and O–H groups in total. The Morgan fingerprint density at radius 3 is 2.60 bits per heavy atom. The highest BCUT2D eigenvalue weighted by Crippen LogP contribution is 2.28. The summed E-state index contributed by atoms with van der Waals surface area (Å²) in [7, 11) is 1.38.